The number of pyridine rings is 2. The van der Waals surface area contributed by atoms with Gasteiger partial charge in [0.25, 0.3) is 0 Å². The molecular weight excluding hydrogens is 426 g/mol. The number of benzene rings is 1. The van der Waals surface area contributed by atoms with E-state index in [9.17, 15) is 0 Å². The topological polar surface area (TPSA) is 25.8 Å². The van der Waals surface area contributed by atoms with Crippen LogP contribution >= 0.6 is 15.8 Å². The second kappa shape index (κ2) is 10.1. The van der Waals surface area contributed by atoms with E-state index >= 15 is 0 Å². The van der Waals surface area contributed by atoms with Gasteiger partial charge in [0.05, 0.1) is 10.9 Å². The predicted octanol–water partition coefficient (Wildman–Crippen LogP) is 7.22. The molecule has 168 valence electrons. The van der Waals surface area contributed by atoms with Crippen LogP contribution in [0, 0.1) is 0 Å². The van der Waals surface area contributed by atoms with Gasteiger partial charge in [-0.3, -0.25) is 9.97 Å². The largest absolute Gasteiger partial charge is 0.256 e. The zero-order chi connectivity index (χ0) is 22.6. The average molecular weight is 463 g/mol. The van der Waals surface area contributed by atoms with Crippen molar-refractivity contribution in [2.45, 2.75) is 76.0 Å². The highest BCUT2D eigenvalue weighted by Gasteiger charge is 2.41. The zero-order valence-electron chi connectivity index (χ0n) is 20.0. The third-order valence-electron chi connectivity index (χ3n) is 6.92. The maximum atomic E-state index is 4.75. The first kappa shape index (κ1) is 23.5. The Labute approximate surface area is 196 Å². The molecule has 2 nitrogen and oxygen atoms in total. The fourth-order valence-corrected chi connectivity index (χ4v) is 11.3. The molecule has 3 aromatic rings. The Bertz CT molecular complexity index is 945. The van der Waals surface area contributed by atoms with E-state index in [1.165, 1.54) is 37.4 Å². The van der Waals surface area contributed by atoms with Gasteiger partial charge in [0.1, 0.15) is 0 Å². The number of hydrogen-bond donors (Lipinski definition) is 0. The van der Waals surface area contributed by atoms with E-state index in [1.807, 2.05) is 24.5 Å². The third-order valence-corrected chi connectivity index (χ3v) is 13.2. The second-order valence-corrected chi connectivity index (χ2v) is 15.8. The van der Waals surface area contributed by atoms with Gasteiger partial charge >= 0.3 is 0 Å². The Morgan fingerprint density at radius 1 is 0.719 bits per heavy atom. The molecular formula is C28H36N2P2. The van der Waals surface area contributed by atoms with Crippen molar-refractivity contribution >= 4 is 26.7 Å². The van der Waals surface area contributed by atoms with Crippen molar-refractivity contribution < 1.29 is 0 Å². The van der Waals surface area contributed by atoms with Crippen molar-refractivity contribution in [2.75, 3.05) is 0 Å². The SMILES string of the molecule is CC1(C)CCCCC(C)(C)P1Cc1ccccc1CP(c1ccccn1)c1ccccn1. The smallest absolute Gasteiger partial charge is 0.0695 e. The summed E-state index contributed by atoms with van der Waals surface area (Å²) < 4.78 is 0. The fraction of sp³-hybridized carbons (Fsp3) is 0.429. The van der Waals surface area contributed by atoms with Gasteiger partial charge in [-0.1, -0.05) is 84.9 Å². The second-order valence-electron chi connectivity index (χ2n) is 10.1. The lowest BCUT2D eigenvalue weighted by atomic mass is 10.0. The molecule has 1 fully saturated rings. The molecule has 0 unspecified atom stereocenters. The molecule has 1 aliphatic heterocycles. The van der Waals surface area contributed by atoms with Crippen LogP contribution in [0.25, 0.3) is 0 Å². The van der Waals surface area contributed by atoms with Crippen molar-refractivity contribution in [1.29, 1.82) is 0 Å². The monoisotopic (exact) mass is 462 g/mol. The van der Waals surface area contributed by atoms with E-state index in [1.54, 1.807) is 5.56 Å². The first-order valence-corrected chi connectivity index (χ1v) is 14.9. The normalized spacial score (nSPS) is 18.4. The molecule has 1 aliphatic rings. The number of hydrogen-bond acceptors (Lipinski definition) is 2. The van der Waals surface area contributed by atoms with Crippen LogP contribution in [0.5, 0.6) is 0 Å². The maximum Gasteiger partial charge on any atom is 0.0695 e. The maximum absolute atomic E-state index is 4.75. The Morgan fingerprint density at radius 2 is 1.22 bits per heavy atom. The highest BCUT2D eigenvalue weighted by Crippen LogP contribution is 2.66. The lowest BCUT2D eigenvalue weighted by Crippen LogP contribution is -2.28. The van der Waals surface area contributed by atoms with E-state index < -0.39 is 7.92 Å². The van der Waals surface area contributed by atoms with E-state index in [-0.39, 0.29) is 7.92 Å². The Hall–Kier alpha value is -1.62. The molecule has 2 aromatic heterocycles. The van der Waals surface area contributed by atoms with Crippen LogP contribution in [0.15, 0.2) is 73.1 Å². The summed E-state index contributed by atoms with van der Waals surface area (Å²) in [7, 11) is -0.769. The number of rotatable bonds is 6. The third kappa shape index (κ3) is 5.47. The Balaban J connectivity index is 1.68. The molecule has 0 N–H and O–H groups in total. The van der Waals surface area contributed by atoms with Crippen LogP contribution in [0.1, 0.15) is 64.5 Å². The first-order valence-electron chi connectivity index (χ1n) is 11.8. The van der Waals surface area contributed by atoms with Crippen LogP contribution < -0.4 is 10.9 Å². The van der Waals surface area contributed by atoms with Gasteiger partial charge in [0, 0.05) is 26.5 Å². The summed E-state index contributed by atoms with van der Waals surface area (Å²) in [6, 6.07) is 21.7. The lowest BCUT2D eigenvalue weighted by molar-refractivity contribution is 0.563. The minimum absolute atomic E-state index is 0.135. The minimum Gasteiger partial charge on any atom is -0.256 e. The van der Waals surface area contributed by atoms with E-state index in [2.05, 4.69) is 76.2 Å². The zero-order valence-corrected chi connectivity index (χ0v) is 21.7. The van der Waals surface area contributed by atoms with Gasteiger partial charge in [-0.25, -0.2) is 0 Å². The molecule has 0 saturated carbocycles. The number of nitrogens with zero attached hydrogens (tertiary/aromatic N) is 2. The lowest BCUT2D eigenvalue weighted by Gasteiger charge is -2.44. The Morgan fingerprint density at radius 3 is 1.72 bits per heavy atom. The summed E-state index contributed by atoms with van der Waals surface area (Å²) in [6.45, 7) is 10.1. The molecule has 1 saturated heterocycles. The molecule has 0 amide bonds. The molecule has 0 radical (unpaired) electrons. The van der Waals surface area contributed by atoms with E-state index in [4.69, 9.17) is 9.97 Å². The van der Waals surface area contributed by atoms with Gasteiger partial charge in [-0.2, -0.15) is 0 Å². The van der Waals surface area contributed by atoms with E-state index in [0.29, 0.717) is 10.3 Å². The van der Waals surface area contributed by atoms with Gasteiger partial charge < -0.3 is 0 Å². The molecule has 0 atom stereocenters. The molecule has 32 heavy (non-hydrogen) atoms. The van der Waals surface area contributed by atoms with Crippen molar-refractivity contribution in [3.63, 3.8) is 0 Å². The van der Waals surface area contributed by atoms with Crippen LogP contribution in [0.4, 0.5) is 0 Å². The summed E-state index contributed by atoms with van der Waals surface area (Å²) in [5.41, 5.74) is 5.35. The standard InChI is InChI=1S/C28H36N2P2/c1-27(2)17-9-10-18-28(3,4)32(27)22-24-14-6-5-13-23(24)21-31(25-15-7-11-19-29-25)26-16-8-12-20-30-26/h5-8,11-16,19-20H,9-10,17-18,21-22H2,1-4H3. The first-order chi connectivity index (χ1) is 15.4. The minimum atomic E-state index is -0.634. The van der Waals surface area contributed by atoms with Crippen LogP contribution in [-0.4, -0.2) is 20.3 Å². The predicted molar refractivity (Wildman–Crippen MR) is 142 cm³/mol. The Kier molecular flexibility index (Phi) is 7.44. The summed E-state index contributed by atoms with van der Waals surface area (Å²) in [4.78, 5) is 9.50. The molecule has 0 bridgehead atoms. The highest BCUT2D eigenvalue weighted by atomic mass is 31.1. The van der Waals surface area contributed by atoms with Crippen molar-refractivity contribution in [3.8, 4) is 0 Å². The van der Waals surface area contributed by atoms with Gasteiger partial charge in [0.2, 0.25) is 0 Å². The van der Waals surface area contributed by atoms with Crippen LogP contribution in [0.2, 0.25) is 0 Å². The molecule has 0 aliphatic carbocycles. The molecule has 0 spiro atoms. The number of aromatic nitrogens is 2. The van der Waals surface area contributed by atoms with E-state index in [0.717, 1.165) is 17.0 Å². The van der Waals surface area contributed by atoms with Crippen molar-refractivity contribution in [2.24, 2.45) is 0 Å². The van der Waals surface area contributed by atoms with Gasteiger partial charge in [0.15, 0.2) is 0 Å². The molecule has 3 heterocycles. The van der Waals surface area contributed by atoms with Crippen molar-refractivity contribution in [3.05, 3.63) is 84.2 Å². The quantitative estimate of drug-likeness (QED) is 0.361. The molecule has 1 aromatic carbocycles. The van der Waals surface area contributed by atoms with Gasteiger partial charge in [-0.15, -0.1) is 0 Å². The summed E-state index contributed by atoms with van der Waals surface area (Å²) in [6.07, 6.45) is 11.5. The highest BCUT2D eigenvalue weighted by molar-refractivity contribution is 7.71. The average Bonchev–Trinajstić information content (AvgIpc) is 2.90. The van der Waals surface area contributed by atoms with Gasteiger partial charge in [-0.05, 0) is 64.7 Å². The summed E-state index contributed by atoms with van der Waals surface area (Å²) >= 11 is 0. The fourth-order valence-electron chi connectivity index (χ4n) is 5.15. The summed E-state index contributed by atoms with van der Waals surface area (Å²) in [5, 5.41) is 0.851. The van der Waals surface area contributed by atoms with Crippen LogP contribution in [0.3, 0.4) is 0 Å². The van der Waals surface area contributed by atoms with Crippen molar-refractivity contribution in [1.82, 2.24) is 9.97 Å². The van der Waals surface area contributed by atoms with Crippen LogP contribution in [-0.2, 0) is 12.3 Å². The molecule has 4 rings (SSSR count). The molecule has 4 heteroatoms. The summed E-state index contributed by atoms with van der Waals surface area (Å²) in [5.74, 6) is 0.